The van der Waals surface area contributed by atoms with Crippen LogP contribution in [-0.2, 0) is 39.1 Å². The normalized spacial score (nSPS) is 21.7. The van der Waals surface area contributed by atoms with E-state index in [0.29, 0.717) is 44.8 Å². The second kappa shape index (κ2) is 11.3. The molecule has 3 saturated heterocycles. The summed E-state index contributed by atoms with van der Waals surface area (Å²) in [6.07, 6.45) is 1.18. The molecule has 0 saturated carbocycles. The fourth-order valence-electron chi connectivity index (χ4n) is 5.23. The van der Waals surface area contributed by atoms with Crippen molar-refractivity contribution in [1.29, 1.82) is 0 Å². The van der Waals surface area contributed by atoms with Gasteiger partial charge in [0.1, 0.15) is 17.7 Å². The van der Waals surface area contributed by atoms with Crippen molar-refractivity contribution in [3.63, 3.8) is 0 Å². The number of piperidine rings is 1. The number of amides is 1. The van der Waals surface area contributed by atoms with Gasteiger partial charge in [-0.3, -0.25) is 14.6 Å². The Morgan fingerprint density at radius 1 is 1.05 bits per heavy atom. The highest BCUT2D eigenvalue weighted by atomic mass is 19.1. The zero-order valence-corrected chi connectivity index (χ0v) is 21.7. The number of halogens is 1. The molecular weight excluding hydrogens is 511 g/mol. The fourth-order valence-corrected chi connectivity index (χ4v) is 5.23. The molecule has 3 heterocycles. The van der Waals surface area contributed by atoms with Crippen molar-refractivity contribution in [2.75, 3.05) is 39.9 Å². The highest BCUT2D eigenvalue weighted by molar-refractivity contribution is 6.31. The molecule has 0 aliphatic carbocycles. The molecule has 10 nitrogen and oxygen atoms in total. The summed E-state index contributed by atoms with van der Waals surface area (Å²) in [5, 5.41) is 0. The van der Waals surface area contributed by atoms with Crippen LogP contribution in [0.3, 0.4) is 0 Å². The second-order valence-corrected chi connectivity index (χ2v) is 9.88. The minimum atomic E-state index is -1.83. The SMILES string of the molecule is CN(CCCC1(c2ccc(F)cc2)OCCO1)CC(=O)N1CCC(Oc2ccccc2)CC12OC(=O)C(=O)O2. The molecule has 2 aromatic rings. The average molecular weight is 543 g/mol. The van der Waals surface area contributed by atoms with Crippen LogP contribution in [0.15, 0.2) is 54.6 Å². The van der Waals surface area contributed by atoms with Crippen LogP contribution in [0.2, 0.25) is 0 Å². The first-order valence-electron chi connectivity index (χ1n) is 13.0. The zero-order chi connectivity index (χ0) is 27.5. The maximum absolute atomic E-state index is 13.4. The molecule has 0 radical (unpaired) electrons. The Balaban J connectivity index is 1.19. The number of rotatable bonds is 9. The van der Waals surface area contributed by atoms with Gasteiger partial charge in [0.25, 0.3) is 0 Å². The van der Waals surface area contributed by atoms with Crippen LogP contribution in [0, 0.1) is 5.82 Å². The number of esters is 2. The summed E-state index contributed by atoms with van der Waals surface area (Å²) in [6, 6.07) is 15.2. The number of hydrogen-bond donors (Lipinski definition) is 0. The van der Waals surface area contributed by atoms with Crippen LogP contribution >= 0.6 is 0 Å². The number of carbonyl (C=O) groups is 3. The Labute approximate surface area is 225 Å². The van der Waals surface area contributed by atoms with Crippen LogP contribution < -0.4 is 4.74 Å². The topological polar surface area (TPSA) is 104 Å². The molecule has 0 bridgehead atoms. The Morgan fingerprint density at radius 3 is 2.38 bits per heavy atom. The molecule has 1 unspecified atom stereocenters. The van der Waals surface area contributed by atoms with Crippen LogP contribution in [0.1, 0.15) is 31.2 Å². The number of para-hydroxylation sites is 1. The Morgan fingerprint density at radius 2 is 1.72 bits per heavy atom. The van der Waals surface area contributed by atoms with Crippen molar-refractivity contribution in [1.82, 2.24) is 9.80 Å². The highest BCUT2D eigenvalue weighted by Crippen LogP contribution is 2.38. The van der Waals surface area contributed by atoms with Crippen LogP contribution in [0.5, 0.6) is 5.75 Å². The summed E-state index contributed by atoms with van der Waals surface area (Å²) in [5.41, 5.74) is 0.743. The number of hydrogen-bond acceptors (Lipinski definition) is 9. The third-order valence-corrected chi connectivity index (χ3v) is 7.08. The molecule has 1 spiro atoms. The first-order chi connectivity index (χ1) is 18.8. The standard InChI is InChI=1S/C28H31FN2O8/c1-30(14-5-13-27(35-16-17-36-27)20-8-10-21(29)11-9-20)19-24(32)31-15-12-23(37-22-6-3-2-4-7-22)18-28(31)38-25(33)26(34)39-28/h2-4,6-11,23H,5,12-19H2,1H3. The third kappa shape index (κ3) is 5.90. The lowest BCUT2D eigenvalue weighted by atomic mass is 10.00. The quantitative estimate of drug-likeness (QED) is 0.349. The van der Waals surface area contributed by atoms with E-state index in [1.807, 2.05) is 23.1 Å². The lowest BCUT2D eigenvalue weighted by molar-refractivity contribution is -0.267. The van der Waals surface area contributed by atoms with Gasteiger partial charge in [0.2, 0.25) is 5.91 Å². The number of nitrogens with zero attached hydrogens (tertiary/aromatic N) is 2. The van der Waals surface area contributed by atoms with E-state index >= 15 is 0 Å². The number of likely N-dealkylation sites (tertiary alicyclic amines) is 1. The molecule has 0 aromatic heterocycles. The minimum Gasteiger partial charge on any atom is -0.490 e. The molecule has 0 N–H and O–H groups in total. The van der Waals surface area contributed by atoms with E-state index in [1.54, 1.807) is 31.3 Å². The first kappa shape index (κ1) is 27.0. The number of ether oxygens (including phenoxy) is 5. The van der Waals surface area contributed by atoms with Gasteiger partial charge in [-0.15, -0.1) is 0 Å². The zero-order valence-electron chi connectivity index (χ0n) is 21.7. The van der Waals surface area contributed by atoms with Gasteiger partial charge in [-0.25, -0.2) is 14.0 Å². The maximum atomic E-state index is 13.4. The Hall–Kier alpha value is -3.54. The first-order valence-corrected chi connectivity index (χ1v) is 13.0. The van der Waals surface area contributed by atoms with Crippen LogP contribution in [0.4, 0.5) is 4.39 Å². The van der Waals surface area contributed by atoms with Gasteiger partial charge in [-0.2, -0.15) is 0 Å². The molecule has 3 aliphatic heterocycles. The Bertz CT molecular complexity index is 1170. The molecular formula is C28H31FN2O8. The van der Waals surface area contributed by atoms with Crippen molar-refractivity contribution in [3.8, 4) is 5.75 Å². The molecule has 39 heavy (non-hydrogen) atoms. The van der Waals surface area contributed by atoms with Crippen molar-refractivity contribution >= 4 is 17.8 Å². The van der Waals surface area contributed by atoms with E-state index in [9.17, 15) is 18.8 Å². The molecule has 208 valence electrons. The summed E-state index contributed by atoms with van der Waals surface area (Å²) in [7, 11) is 1.80. The summed E-state index contributed by atoms with van der Waals surface area (Å²) >= 11 is 0. The molecule has 3 aliphatic rings. The van der Waals surface area contributed by atoms with Gasteiger partial charge in [0.15, 0.2) is 5.79 Å². The predicted octanol–water partition coefficient (Wildman–Crippen LogP) is 2.56. The predicted molar refractivity (Wildman–Crippen MR) is 133 cm³/mol. The molecule has 1 amide bonds. The number of carbonyl (C=O) groups excluding carboxylic acids is 3. The van der Waals surface area contributed by atoms with Crippen LogP contribution in [0.25, 0.3) is 0 Å². The van der Waals surface area contributed by atoms with Gasteiger partial charge >= 0.3 is 17.8 Å². The summed E-state index contributed by atoms with van der Waals surface area (Å²) in [6.45, 7) is 1.60. The number of likely N-dealkylation sites (N-methyl/N-ethyl adjacent to an activating group) is 1. The average Bonchev–Trinajstić information content (AvgIpc) is 3.49. The van der Waals surface area contributed by atoms with E-state index in [2.05, 4.69) is 0 Å². The van der Waals surface area contributed by atoms with Gasteiger partial charge < -0.3 is 23.7 Å². The van der Waals surface area contributed by atoms with Gasteiger partial charge in [0, 0.05) is 24.9 Å². The van der Waals surface area contributed by atoms with E-state index in [4.69, 9.17) is 23.7 Å². The third-order valence-electron chi connectivity index (χ3n) is 7.08. The monoisotopic (exact) mass is 542 g/mol. The van der Waals surface area contributed by atoms with E-state index < -0.39 is 29.7 Å². The van der Waals surface area contributed by atoms with Gasteiger partial charge in [-0.1, -0.05) is 30.3 Å². The molecule has 2 aromatic carbocycles. The smallest absolute Gasteiger partial charge is 0.422 e. The van der Waals surface area contributed by atoms with Gasteiger partial charge in [0.05, 0.1) is 26.2 Å². The lowest BCUT2D eigenvalue weighted by Gasteiger charge is -2.43. The largest absolute Gasteiger partial charge is 0.490 e. The van der Waals surface area contributed by atoms with E-state index in [0.717, 1.165) is 5.56 Å². The molecule has 3 fully saturated rings. The van der Waals surface area contributed by atoms with E-state index in [1.165, 1.54) is 17.0 Å². The summed E-state index contributed by atoms with van der Waals surface area (Å²) in [4.78, 5) is 40.5. The highest BCUT2D eigenvalue weighted by Gasteiger charge is 2.58. The van der Waals surface area contributed by atoms with Crippen molar-refractivity contribution in [2.24, 2.45) is 0 Å². The van der Waals surface area contributed by atoms with Gasteiger partial charge in [-0.05, 0) is 44.3 Å². The summed E-state index contributed by atoms with van der Waals surface area (Å²) < 4.78 is 41.9. The number of benzene rings is 2. The second-order valence-electron chi connectivity index (χ2n) is 9.88. The lowest BCUT2D eigenvalue weighted by Crippen LogP contribution is -2.61. The minimum absolute atomic E-state index is 0.00367. The van der Waals surface area contributed by atoms with Crippen LogP contribution in [-0.4, -0.2) is 79.6 Å². The van der Waals surface area contributed by atoms with Crippen molar-refractivity contribution < 1.29 is 42.5 Å². The summed E-state index contributed by atoms with van der Waals surface area (Å²) in [5.74, 6) is -5.11. The van der Waals surface area contributed by atoms with Crippen molar-refractivity contribution in [3.05, 3.63) is 66.0 Å². The molecule has 5 rings (SSSR count). The maximum Gasteiger partial charge on any atom is 0.422 e. The fraction of sp³-hybridized carbons (Fsp3) is 0.464. The Kier molecular flexibility index (Phi) is 7.83. The molecule has 1 atom stereocenters. The molecule has 11 heteroatoms. The van der Waals surface area contributed by atoms with Crippen molar-refractivity contribution in [2.45, 2.75) is 43.5 Å². The van der Waals surface area contributed by atoms with E-state index in [-0.39, 0.29) is 31.2 Å².